The van der Waals surface area contributed by atoms with Crippen LogP contribution in [-0.4, -0.2) is 19.2 Å². The van der Waals surface area contributed by atoms with E-state index >= 15 is 0 Å². The summed E-state index contributed by atoms with van der Waals surface area (Å²) in [5.41, 5.74) is 1.80. The van der Waals surface area contributed by atoms with Crippen LogP contribution in [-0.2, 0) is 0 Å². The molecule has 0 unspecified atom stereocenters. The Bertz CT molecular complexity index is 793. The van der Waals surface area contributed by atoms with Crippen molar-refractivity contribution in [2.24, 2.45) is 5.92 Å². The molecule has 2 aromatic rings. The maximum atomic E-state index is 13.2. The molecule has 0 radical (unpaired) electrons. The van der Waals surface area contributed by atoms with Crippen molar-refractivity contribution in [2.45, 2.75) is 32.9 Å². The van der Waals surface area contributed by atoms with Crippen LogP contribution in [0.15, 0.2) is 42.5 Å². The first kappa shape index (κ1) is 19.0. The van der Waals surface area contributed by atoms with E-state index in [0.717, 1.165) is 16.9 Å². The molecule has 6 heteroatoms. The third-order valence-electron chi connectivity index (χ3n) is 4.60. The molecule has 0 saturated heterocycles. The molecule has 27 heavy (non-hydrogen) atoms. The van der Waals surface area contributed by atoms with Crippen molar-refractivity contribution >= 4 is 6.03 Å². The Hall–Kier alpha value is -2.76. The number of fused-ring (bicyclic) bond motifs is 1. The van der Waals surface area contributed by atoms with Crippen LogP contribution < -0.4 is 20.1 Å². The molecule has 1 aliphatic rings. The van der Waals surface area contributed by atoms with Gasteiger partial charge in [0.05, 0.1) is 12.1 Å². The highest BCUT2D eigenvalue weighted by atomic mass is 19.1. The molecule has 0 fully saturated rings. The summed E-state index contributed by atoms with van der Waals surface area (Å²) in [6.45, 7) is 7.00. The highest BCUT2D eigenvalue weighted by Gasteiger charge is 2.20. The van der Waals surface area contributed by atoms with E-state index in [0.29, 0.717) is 19.0 Å². The zero-order valence-corrected chi connectivity index (χ0v) is 15.8. The molecule has 144 valence electrons. The molecule has 0 spiro atoms. The monoisotopic (exact) mass is 372 g/mol. The average molecular weight is 372 g/mol. The third kappa shape index (κ3) is 4.70. The average Bonchev–Trinajstić information content (AvgIpc) is 2.66. The van der Waals surface area contributed by atoms with E-state index in [1.165, 1.54) is 12.1 Å². The fourth-order valence-electron chi connectivity index (χ4n) is 3.10. The predicted octanol–water partition coefficient (Wildman–Crippen LogP) is 4.35. The minimum absolute atomic E-state index is 0.158. The van der Waals surface area contributed by atoms with Gasteiger partial charge in [0.15, 0.2) is 11.5 Å². The Morgan fingerprint density at radius 2 is 1.56 bits per heavy atom. The van der Waals surface area contributed by atoms with Crippen LogP contribution in [0.1, 0.15) is 44.0 Å². The number of hydrogen-bond donors (Lipinski definition) is 2. The third-order valence-corrected chi connectivity index (χ3v) is 4.60. The number of hydrogen-bond acceptors (Lipinski definition) is 3. The van der Waals surface area contributed by atoms with Gasteiger partial charge in [-0.05, 0) is 48.2 Å². The molecule has 1 heterocycles. The smallest absolute Gasteiger partial charge is 0.315 e. The van der Waals surface area contributed by atoms with Crippen molar-refractivity contribution < 1.29 is 18.7 Å². The van der Waals surface area contributed by atoms with Crippen LogP contribution in [0.2, 0.25) is 0 Å². The van der Waals surface area contributed by atoms with Gasteiger partial charge < -0.3 is 20.1 Å². The molecular formula is C21H25FN2O3. The summed E-state index contributed by atoms with van der Waals surface area (Å²) in [5.74, 6) is 1.28. The fourth-order valence-corrected chi connectivity index (χ4v) is 3.10. The molecule has 3 rings (SSSR count). The van der Waals surface area contributed by atoms with Crippen LogP contribution in [0.25, 0.3) is 0 Å². The Balaban J connectivity index is 1.65. The maximum absolute atomic E-state index is 13.2. The van der Waals surface area contributed by atoms with Gasteiger partial charge in [-0.3, -0.25) is 0 Å². The predicted molar refractivity (Wildman–Crippen MR) is 101 cm³/mol. The Morgan fingerprint density at radius 3 is 2.22 bits per heavy atom. The fraction of sp³-hybridized carbons (Fsp3) is 0.381. The lowest BCUT2D eigenvalue weighted by atomic mass is 9.96. The number of halogens is 1. The van der Waals surface area contributed by atoms with Gasteiger partial charge in [-0.15, -0.1) is 0 Å². The van der Waals surface area contributed by atoms with Crippen molar-refractivity contribution in [2.75, 3.05) is 13.2 Å². The number of rotatable bonds is 5. The lowest BCUT2D eigenvalue weighted by Crippen LogP contribution is -2.40. The van der Waals surface area contributed by atoms with Crippen LogP contribution in [0.5, 0.6) is 11.5 Å². The summed E-state index contributed by atoms with van der Waals surface area (Å²) in [4.78, 5) is 12.5. The molecular weight excluding hydrogens is 347 g/mol. The Morgan fingerprint density at radius 1 is 0.926 bits per heavy atom. The summed E-state index contributed by atoms with van der Waals surface area (Å²) < 4.78 is 24.3. The Labute approximate surface area is 158 Å². The van der Waals surface area contributed by atoms with E-state index in [1.807, 2.05) is 39.0 Å². The maximum Gasteiger partial charge on any atom is 0.315 e. The zero-order valence-electron chi connectivity index (χ0n) is 15.8. The second-order valence-corrected chi connectivity index (χ2v) is 7.02. The molecule has 5 nitrogen and oxygen atoms in total. The normalized spacial score (nSPS) is 15.1. The molecule has 0 bridgehead atoms. The van der Waals surface area contributed by atoms with Crippen molar-refractivity contribution in [1.29, 1.82) is 0 Å². The molecule has 1 aliphatic heterocycles. The van der Waals surface area contributed by atoms with Crippen LogP contribution in [0, 0.1) is 11.7 Å². The van der Waals surface area contributed by atoms with E-state index in [2.05, 4.69) is 10.6 Å². The number of nitrogens with one attached hydrogen (secondary N) is 2. The van der Waals surface area contributed by atoms with Gasteiger partial charge in [-0.25, -0.2) is 9.18 Å². The van der Waals surface area contributed by atoms with E-state index in [9.17, 15) is 9.18 Å². The van der Waals surface area contributed by atoms with E-state index in [-0.39, 0.29) is 29.8 Å². The van der Waals surface area contributed by atoms with Gasteiger partial charge in [0, 0.05) is 0 Å². The number of carbonyl (C=O) groups is 1. The van der Waals surface area contributed by atoms with Crippen LogP contribution >= 0.6 is 0 Å². The lowest BCUT2D eigenvalue weighted by molar-refractivity contribution is 0.171. The summed E-state index contributed by atoms with van der Waals surface area (Å²) >= 11 is 0. The van der Waals surface area contributed by atoms with E-state index in [4.69, 9.17) is 9.47 Å². The molecule has 2 atom stereocenters. The largest absolute Gasteiger partial charge is 0.486 e. The molecule has 0 aromatic heterocycles. The first-order valence-electron chi connectivity index (χ1n) is 9.16. The quantitative estimate of drug-likeness (QED) is 0.820. The minimum atomic E-state index is -0.294. The first-order chi connectivity index (χ1) is 12.9. The second-order valence-electron chi connectivity index (χ2n) is 7.02. The van der Waals surface area contributed by atoms with Gasteiger partial charge >= 0.3 is 6.03 Å². The molecule has 2 N–H and O–H groups in total. The van der Waals surface area contributed by atoms with Crippen molar-refractivity contribution in [3.63, 3.8) is 0 Å². The van der Waals surface area contributed by atoms with Crippen LogP contribution in [0.4, 0.5) is 9.18 Å². The number of amides is 2. The first-order valence-corrected chi connectivity index (χ1v) is 9.16. The van der Waals surface area contributed by atoms with Gasteiger partial charge in [0.1, 0.15) is 19.0 Å². The van der Waals surface area contributed by atoms with Gasteiger partial charge in [0.25, 0.3) is 0 Å². The number of ether oxygens (including phenoxy) is 2. The van der Waals surface area contributed by atoms with Crippen LogP contribution in [0.3, 0.4) is 0 Å². The van der Waals surface area contributed by atoms with E-state index in [1.54, 1.807) is 12.1 Å². The Kier molecular flexibility index (Phi) is 5.84. The molecule has 2 aromatic carbocycles. The number of carbonyl (C=O) groups excluding carboxylic acids is 1. The zero-order chi connectivity index (χ0) is 19.4. The van der Waals surface area contributed by atoms with Crippen molar-refractivity contribution in [1.82, 2.24) is 10.6 Å². The minimum Gasteiger partial charge on any atom is -0.486 e. The second kappa shape index (κ2) is 8.29. The summed E-state index contributed by atoms with van der Waals surface area (Å²) in [7, 11) is 0. The van der Waals surface area contributed by atoms with Crippen molar-refractivity contribution in [3.8, 4) is 11.5 Å². The van der Waals surface area contributed by atoms with Gasteiger partial charge in [0.2, 0.25) is 0 Å². The molecule has 0 aliphatic carbocycles. The SMILES string of the molecule is CC(C)[C@H](NC(=O)N[C@@H](C)c1ccc2c(c1)OCCO2)c1ccc(F)cc1. The van der Waals surface area contributed by atoms with E-state index < -0.39 is 0 Å². The number of benzene rings is 2. The highest BCUT2D eigenvalue weighted by molar-refractivity contribution is 5.75. The molecule has 0 saturated carbocycles. The van der Waals surface area contributed by atoms with Crippen molar-refractivity contribution in [3.05, 3.63) is 59.4 Å². The lowest BCUT2D eigenvalue weighted by Gasteiger charge is -2.25. The summed E-state index contributed by atoms with van der Waals surface area (Å²) in [5, 5.41) is 5.94. The van der Waals surface area contributed by atoms with Gasteiger partial charge in [-0.1, -0.05) is 32.0 Å². The number of urea groups is 1. The summed E-state index contributed by atoms with van der Waals surface area (Å²) in [6.07, 6.45) is 0. The summed E-state index contributed by atoms with van der Waals surface area (Å²) in [6, 6.07) is 11.2. The molecule has 2 amide bonds. The topological polar surface area (TPSA) is 59.6 Å². The standard InChI is InChI=1S/C21H25FN2O3/c1-13(2)20(15-4-7-17(22)8-5-15)24-21(25)23-14(3)16-6-9-18-19(12-16)27-11-10-26-18/h4-9,12-14,20H,10-11H2,1-3H3,(H2,23,24,25)/t14-,20-/m0/s1. The van der Waals surface area contributed by atoms with Gasteiger partial charge in [-0.2, -0.15) is 0 Å². The highest BCUT2D eigenvalue weighted by Crippen LogP contribution is 2.32.